The topological polar surface area (TPSA) is 21.1 Å². The molecule has 2 heterocycles. The molecule has 1 aromatic heterocycles. The van der Waals surface area contributed by atoms with Crippen molar-refractivity contribution in [2.75, 3.05) is 13.1 Å². The average Bonchev–Trinajstić information content (AvgIpc) is 3.28. The van der Waals surface area contributed by atoms with E-state index in [1.54, 1.807) is 0 Å². The van der Waals surface area contributed by atoms with E-state index < -0.39 is 0 Å². The number of aromatic nitrogens is 2. The SMILES string of the molecule is CC(c1nc2ccccc2n1CCC1CCCCC1)N1CCCC1. The van der Waals surface area contributed by atoms with E-state index in [2.05, 4.69) is 40.7 Å². The van der Waals surface area contributed by atoms with Gasteiger partial charge in [-0.3, -0.25) is 4.90 Å². The van der Waals surface area contributed by atoms with Crippen LogP contribution in [-0.4, -0.2) is 27.5 Å². The number of imidazole rings is 1. The highest BCUT2D eigenvalue weighted by molar-refractivity contribution is 5.76. The van der Waals surface area contributed by atoms with E-state index in [1.807, 2.05) is 0 Å². The molecule has 1 aliphatic carbocycles. The van der Waals surface area contributed by atoms with Crippen LogP contribution in [0.2, 0.25) is 0 Å². The lowest BCUT2D eigenvalue weighted by atomic mass is 9.87. The fraction of sp³-hybridized carbons (Fsp3) is 0.667. The Hall–Kier alpha value is -1.35. The molecule has 0 amide bonds. The first-order valence-electron chi connectivity index (χ1n) is 10.0. The summed E-state index contributed by atoms with van der Waals surface area (Å²) < 4.78 is 2.53. The number of fused-ring (bicyclic) bond motifs is 1. The number of hydrogen-bond acceptors (Lipinski definition) is 2. The molecule has 130 valence electrons. The molecule has 0 N–H and O–H groups in total. The fourth-order valence-corrected chi connectivity index (χ4v) is 4.73. The number of nitrogens with zero attached hydrogens (tertiary/aromatic N) is 3. The van der Waals surface area contributed by atoms with E-state index in [-0.39, 0.29) is 0 Å². The summed E-state index contributed by atoms with van der Waals surface area (Å²) in [4.78, 5) is 7.65. The number of benzene rings is 1. The predicted molar refractivity (Wildman–Crippen MR) is 100 cm³/mol. The Balaban J connectivity index is 1.59. The summed E-state index contributed by atoms with van der Waals surface area (Å²) >= 11 is 0. The van der Waals surface area contributed by atoms with Crippen molar-refractivity contribution in [3.8, 4) is 0 Å². The van der Waals surface area contributed by atoms with Crippen LogP contribution in [0.25, 0.3) is 11.0 Å². The van der Waals surface area contributed by atoms with Gasteiger partial charge in [0.2, 0.25) is 0 Å². The number of rotatable bonds is 5. The molecule has 2 fully saturated rings. The zero-order valence-corrected chi connectivity index (χ0v) is 15.1. The second-order valence-corrected chi connectivity index (χ2v) is 7.82. The Bertz CT molecular complexity index is 663. The third-order valence-corrected chi connectivity index (χ3v) is 6.23. The van der Waals surface area contributed by atoms with E-state index in [1.165, 1.54) is 81.3 Å². The molecule has 4 rings (SSSR count). The maximum atomic E-state index is 5.04. The molecule has 0 bridgehead atoms. The summed E-state index contributed by atoms with van der Waals surface area (Å²) in [5, 5.41) is 0. The summed E-state index contributed by atoms with van der Waals surface area (Å²) in [7, 11) is 0. The van der Waals surface area contributed by atoms with Crippen molar-refractivity contribution in [3.05, 3.63) is 30.1 Å². The van der Waals surface area contributed by atoms with Gasteiger partial charge in [0.1, 0.15) is 5.82 Å². The molecule has 1 saturated heterocycles. The quantitative estimate of drug-likeness (QED) is 0.757. The highest BCUT2D eigenvalue weighted by Crippen LogP contribution is 2.30. The highest BCUT2D eigenvalue weighted by atomic mass is 15.2. The van der Waals surface area contributed by atoms with Gasteiger partial charge in [0, 0.05) is 6.54 Å². The van der Waals surface area contributed by atoms with Gasteiger partial charge in [0.15, 0.2) is 0 Å². The first-order chi connectivity index (χ1) is 11.8. The van der Waals surface area contributed by atoms with Crippen molar-refractivity contribution in [2.24, 2.45) is 5.92 Å². The monoisotopic (exact) mass is 325 g/mol. The minimum absolute atomic E-state index is 0.436. The Morgan fingerprint density at radius 1 is 1.04 bits per heavy atom. The number of aryl methyl sites for hydroxylation is 1. The summed E-state index contributed by atoms with van der Waals surface area (Å²) in [5.41, 5.74) is 2.50. The van der Waals surface area contributed by atoms with Gasteiger partial charge < -0.3 is 4.57 Å². The van der Waals surface area contributed by atoms with Crippen LogP contribution in [0.3, 0.4) is 0 Å². The number of likely N-dealkylation sites (tertiary alicyclic amines) is 1. The van der Waals surface area contributed by atoms with Crippen molar-refractivity contribution in [1.82, 2.24) is 14.5 Å². The standard InChI is InChI=1S/C21H31N3/c1-17(23-14-7-8-15-23)21-22-19-11-5-6-12-20(19)24(21)16-13-18-9-3-2-4-10-18/h5-6,11-12,17-18H,2-4,7-10,13-16H2,1H3. The Labute approximate surface area is 146 Å². The lowest BCUT2D eigenvalue weighted by molar-refractivity contribution is 0.245. The first kappa shape index (κ1) is 16.1. The van der Waals surface area contributed by atoms with E-state index in [0.29, 0.717) is 6.04 Å². The van der Waals surface area contributed by atoms with Crippen molar-refractivity contribution in [3.63, 3.8) is 0 Å². The second kappa shape index (κ2) is 7.26. The molecular formula is C21H31N3. The van der Waals surface area contributed by atoms with Gasteiger partial charge in [-0.25, -0.2) is 4.98 Å². The number of hydrogen-bond donors (Lipinski definition) is 0. The Morgan fingerprint density at radius 3 is 2.58 bits per heavy atom. The fourth-order valence-electron chi connectivity index (χ4n) is 4.73. The smallest absolute Gasteiger partial charge is 0.127 e. The molecule has 2 aromatic rings. The zero-order chi connectivity index (χ0) is 16.4. The minimum Gasteiger partial charge on any atom is -0.327 e. The van der Waals surface area contributed by atoms with Gasteiger partial charge in [-0.05, 0) is 57.3 Å². The molecule has 0 radical (unpaired) electrons. The normalized spacial score (nSPS) is 21.5. The summed E-state index contributed by atoms with van der Waals surface area (Å²) in [6.07, 6.45) is 11.2. The van der Waals surface area contributed by atoms with Gasteiger partial charge in [0.25, 0.3) is 0 Å². The van der Waals surface area contributed by atoms with Gasteiger partial charge in [-0.2, -0.15) is 0 Å². The van der Waals surface area contributed by atoms with E-state index >= 15 is 0 Å². The van der Waals surface area contributed by atoms with Crippen LogP contribution >= 0.6 is 0 Å². The molecule has 24 heavy (non-hydrogen) atoms. The molecule has 1 aliphatic heterocycles. The van der Waals surface area contributed by atoms with E-state index in [9.17, 15) is 0 Å². The maximum Gasteiger partial charge on any atom is 0.127 e. The van der Waals surface area contributed by atoms with Gasteiger partial charge in [0.05, 0.1) is 17.1 Å². The van der Waals surface area contributed by atoms with E-state index in [4.69, 9.17) is 4.98 Å². The lowest BCUT2D eigenvalue weighted by Crippen LogP contribution is -2.26. The third-order valence-electron chi connectivity index (χ3n) is 6.23. The van der Waals surface area contributed by atoms with Crippen LogP contribution in [0.15, 0.2) is 24.3 Å². The molecule has 1 aromatic carbocycles. The number of para-hydroxylation sites is 2. The minimum atomic E-state index is 0.436. The van der Waals surface area contributed by atoms with Crippen LogP contribution in [-0.2, 0) is 6.54 Å². The predicted octanol–water partition coefficient (Wildman–Crippen LogP) is 5.16. The van der Waals surface area contributed by atoms with Crippen LogP contribution in [0.5, 0.6) is 0 Å². The van der Waals surface area contributed by atoms with Crippen LogP contribution < -0.4 is 0 Å². The molecule has 1 unspecified atom stereocenters. The van der Waals surface area contributed by atoms with Crippen LogP contribution in [0, 0.1) is 5.92 Å². The average molecular weight is 326 g/mol. The molecule has 1 saturated carbocycles. The lowest BCUT2D eigenvalue weighted by Gasteiger charge is -2.26. The third kappa shape index (κ3) is 3.23. The zero-order valence-electron chi connectivity index (χ0n) is 15.1. The molecule has 1 atom stereocenters. The van der Waals surface area contributed by atoms with Gasteiger partial charge in [-0.1, -0.05) is 44.2 Å². The highest BCUT2D eigenvalue weighted by Gasteiger charge is 2.25. The van der Waals surface area contributed by atoms with Crippen LogP contribution in [0.1, 0.15) is 70.2 Å². The van der Waals surface area contributed by atoms with Crippen molar-refractivity contribution in [1.29, 1.82) is 0 Å². The van der Waals surface area contributed by atoms with Crippen molar-refractivity contribution < 1.29 is 0 Å². The van der Waals surface area contributed by atoms with Crippen LogP contribution in [0.4, 0.5) is 0 Å². The second-order valence-electron chi connectivity index (χ2n) is 7.82. The molecule has 0 spiro atoms. The largest absolute Gasteiger partial charge is 0.327 e. The summed E-state index contributed by atoms with van der Waals surface area (Å²) in [6, 6.07) is 9.14. The Kier molecular flexibility index (Phi) is 4.88. The summed E-state index contributed by atoms with van der Waals surface area (Å²) in [5.74, 6) is 2.21. The van der Waals surface area contributed by atoms with Gasteiger partial charge >= 0.3 is 0 Å². The first-order valence-corrected chi connectivity index (χ1v) is 10.0. The van der Waals surface area contributed by atoms with Gasteiger partial charge in [-0.15, -0.1) is 0 Å². The van der Waals surface area contributed by atoms with E-state index in [0.717, 1.165) is 12.5 Å². The summed E-state index contributed by atoms with van der Waals surface area (Å²) in [6.45, 7) is 5.95. The molecular weight excluding hydrogens is 294 g/mol. The van der Waals surface area contributed by atoms with Crippen molar-refractivity contribution >= 4 is 11.0 Å². The van der Waals surface area contributed by atoms with Crippen molar-refractivity contribution in [2.45, 2.75) is 70.9 Å². The molecule has 3 nitrogen and oxygen atoms in total. The molecule has 3 heteroatoms. The Morgan fingerprint density at radius 2 is 1.79 bits per heavy atom. The molecule has 2 aliphatic rings. The maximum absolute atomic E-state index is 5.04.